The lowest BCUT2D eigenvalue weighted by Crippen LogP contribution is -2.24. The second kappa shape index (κ2) is 11.3. The molecule has 0 aliphatic carbocycles. The number of hydrogen-bond donors (Lipinski definition) is 2. The Morgan fingerprint density at radius 3 is 2.46 bits per heavy atom. The summed E-state index contributed by atoms with van der Waals surface area (Å²) in [7, 11) is 1.59. The van der Waals surface area contributed by atoms with Crippen molar-refractivity contribution in [3.8, 4) is 5.75 Å². The topological polar surface area (TPSA) is 72.4 Å². The number of likely N-dealkylation sites (N-methyl/N-ethyl adjacent to an activating group) is 1. The Bertz CT molecular complexity index is 1440. The fourth-order valence-corrected chi connectivity index (χ4v) is 4.48. The van der Waals surface area contributed by atoms with Gasteiger partial charge in [0.15, 0.2) is 6.61 Å². The molecule has 0 bridgehead atoms. The minimum atomic E-state index is -0.169. The molecule has 3 aromatic carbocycles. The predicted molar refractivity (Wildman–Crippen MR) is 148 cm³/mol. The highest BCUT2D eigenvalue weighted by atomic mass is 16.5. The van der Waals surface area contributed by atoms with Crippen molar-refractivity contribution in [1.82, 2.24) is 15.2 Å². The van der Waals surface area contributed by atoms with E-state index in [4.69, 9.17) is 4.74 Å². The molecule has 1 aromatic heterocycles. The van der Waals surface area contributed by atoms with E-state index in [0.717, 1.165) is 33.3 Å². The SMILES string of the molecule is CNC(=O)COc1cccc(Cn2c(C)c(C)c3cc(C(=O)NCc4cccc(C(C)C)c4)ccc32)c1. The van der Waals surface area contributed by atoms with Crippen molar-refractivity contribution in [2.24, 2.45) is 0 Å². The number of carbonyl (C=O) groups excluding carboxylic acids is 2. The number of rotatable bonds is 9. The number of fused-ring (bicyclic) bond motifs is 1. The predicted octanol–water partition coefficient (Wildman–Crippen LogP) is 5.48. The van der Waals surface area contributed by atoms with Crippen LogP contribution >= 0.6 is 0 Å². The second-order valence-corrected chi connectivity index (χ2v) is 9.72. The summed E-state index contributed by atoms with van der Waals surface area (Å²) in [5.41, 5.74) is 7.46. The fraction of sp³-hybridized carbons (Fsp3) is 0.290. The lowest BCUT2D eigenvalue weighted by atomic mass is 10.0. The number of amides is 2. The first-order valence-corrected chi connectivity index (χ1v) is 12.7. The molecular weight excluding hydrogens is 462 g/mol. The largest absolute Gasteiger partial charge is 0.484 e. The number of nitrogens with zero attached hydrogens (tertiary/aromatic N) is 1. The molecule has 2 amide bonds. The van der Waals surface area contributed by atoms with E-state index in [2.05, 4.69) is 55.0 Å². The minimum absolute atomic E-state index is 0.0153. The average Bonchev–Trinajstić information content (AvgIpc) is 3.14. The summed E-state index contributed by atoms with van der Waals surface area (Å²) < 4.78 is 7.86. The second-order valence-electron chi connectivity index (χ2n) is 9.72. The highest BCUT2D eigenvalue weighted by Crippen LogP contribution is 2.28. The molecule has 0 radical (unpaired) electrons. The maximum atomic E-state index is 13.0. The summed E-state index contributed by atoms with van der Waals surface area (Å²) in [5.74, 6) is 0.857. The molecule has 4 rings (SSSR count). The third kappa shape index (κ3) is 6.02. The number of carbonyl (C=O) groups is 2. The maximum Gasteiger partial charge on any atom is 0.257 e. The van der Waals surface area contributed by atoms with Crippen LogP contribution in [0.3, 0.4) is 0 Å². The van der Waals surface area contributed by atoms with Crippen LogP contribution in [-0.4, -0.2) is 30.0 Å². The van der Waals surface area contributed by atoms with Crippen LogP contribution in [0.2, 0.25) is 0 Å². The Morgan fingerprint density at radius 1 is 0.946 bits per heavy atom. The summed E-state index contributed by atoms with van der Waals surface area (Å²) >= 11 is 0. The van der Waals surface area contributed by atoms with Gasteiger partial charge in [0.1, 0.15) is 5.75 Å². The molecule has 192 valence electrons. The van der Waals surface area contributed by atoms with Gasteiger partial charge < -0.3 is 19.9 Å². The van der Waals surface area contributed by atoms with E-state index in [1.165, 1.54) is 5.56 Å². The zero-order chi connectivity index (χ0) is 26.5. The Kier molecular flexibility index (Phi) is 7.97. The van der Waals surface area contributed by atoms with Crippen molar-refractivity contribution >= 4 is 22.7 Å². The summed E-state index contributed by atoms with van der Waals surface area (Å²) in [6.07, 6.45) is 0. The zero-order valence-corrected chi connectivity index (χ0v) is 22.2. The molecule has 0 fully saturated rings. The highest BCUT2D eigenvalue weighted by Gasteiger charge is 2.15. The van der Waals surface area contributed by atoms with Crippen LogP contribution in [0, 0.1) is 13.8 Å². The standard InChI is InChI=1S/C31H35N3O3/c1-20(2)25-10-6-8-23(14-25)17-33-31(36)26-12-13-29-28(16-26)21(3)22(4)34(29)18-24-9-7-11-27(15-24)37-19-30(35)32-5/h6-16,20H,17-19H2,1-5H3,(H,32,35)(H,33,36). The normalized spacial score (nSPS) is 11.1. The van der Waals surface area contributed by atoms with Crippen molar-refractivity contribution in [1.29, 1.82) is 0 Å². The van der Waals surface area contributed by atoms with Gasteiger partial charge >= 0.3 is 0 Å². The fourth-order valence-electron chi connectivity index (χ4n) is 4.48. The van der Waals surface area contributed by atoms with Crippen LogP contribution in [0.4, 0.5) is 0 Å². The van der Waals surface area contributed by atoms with Crippen molar-refractivity contribution < 1.29 is 14.3 Å². The first-order chi connectivity index (χ1) is 17.8. The van der Waals surface area contributed by atoms with Gasteiger partial charge in [-0.15, -0.1) is 0 Å². The lowest BCUT2D eigenvalue weighted by molar-refractivity contribution is -0.122. The van der Waals surface area contributed by atoms with Gasteiger partial charge in [0.2, 0.25) is 0 Å². The molecule has 2 N–H and O–H groups in total. The molecule has 0 unspecified atom stereocenters. The van der Waals surface area contributed by atoms with Crippen LogP contribution in [0.5, 0.6) is 5.75 Å². The van der Waals surface area contributed by atoms with Gasteiger partial charge in [0.05, 0.1) is 0 Å². The van der Waals surface area contributed by atoms with Gasteiger partial charge in [-0.1, -0.05) is 50.2 Å². The summed E-state index contributed by atoms with van der Waals surface area (Å²) in [4.78, 5) is 24.5. The maximum absolute atomic E-state index is 13.0. The minimum Gasteiger partial charge on any atom is -0.484 e. The van der Waals surface area contributed by atoms with Gasteiger partial charge in [0.25, 0.3) is 11.8 Å². The van der Waals surface area contributed by atoms with Crippen molar-refractivity contribution in [3.63, 3.8) is 0 Å². The lowest BCUT2D eigenvalue weighted by Gasteiger charge is -2.12. The average molecular weight is 498 g/mol. The van der Waals surface area contributed by atoms with E-state index in [1.807, 2.05) is 54.6 Å². The molecule has 4 aromatic rings. The third-order valence-corrected chi connectivity index (χ3v) is 6.86. The zero-order valence-electron chi connectivity index (χ0n) is 22.2. The molecule has 37 heavy (non-hydrogen) atoms. The van der Waals surface area contributed by atoms with Crippen molar-refractivity contribution in [3.05, 3.63) is 100 Å². The highest BCUT2D eigenvalue weighted by molar-refractivity contribution is 5.99. The number of aryl methyl sites for hydroxylation is 1. The number of nitrogens with one attached hydrogen (secondary N) is 2. The quantitative estimate of drug-likeness (QED) is 0.321. The van der Waals surface area contributed by atoms with E-state index in [9.17, 15) is 9.59 Å². The molecule has 0 aliphatic heterocycles. The first-order valence-electron chi connectivity index (χ1n) is 12.7. The van der Waals surface area contributed by atoms with E-state index in [-0.39, 0.29) is 18.4 Å². The molecule has 0 saturated heterocycles. The number of aromatic nitrogens is 1. The molecule has 0 atom stereocenters. The molecule has 0 saturated carbocycles. The number of hydrogen-bond acceptors (Lipinski definition) is 3. The van der Waals surface area contributed by atoms with Crippen molar-refractivity contribution in [2.45, 2.75) is 46.7 Å². The Balaban J connectivity index is 1.51. The van der Waals surface area contributed by atoms with E-state index in [0.29, 0.717) is 30.3 Å². The van der Waals surface area contributed by atoms with Gasteiger partial charge in [0, 0.05) is 42.3 Å². The summed E-state index contributed by atoms with van der Waals surface area (Å²) in [5, 5.41) is 6.70. The number of benzene rings is 3. The molecular formula is C31H35N3O3. The van der Waals surface area contributed by atoms with Crippen LogP contribution in [0.1, 0.15) is 58.1 Å². The van der Waals surface area contributed by atoms with Crippen LogP contribution in [-0.2, 0) is 17.9 Å². The van der Waals surface area contributed by atoms with Crippen LogP contribution in [0.25, 0.3) is 10.9 Å². The van der Waals surface area contributed by atoms with Gasteiger partial charge in [-0.05, 0) is 72.4 Å². The smallest absolute Gasteiger partial charge is 0.257 e. The van der Waals surface area contributed by atoms with Crippen LogP contribution in [0.15, 0.2) is 66.7 Å². The molecule has 0 spiro atoms. The van der Waals surface area contributed by atoms with E-state index in [1.54, 1.807) is 7.05 Å². The molecule has 0 aliphatic rings. The Morgan fingerprint density at radius 2 is 1.70 bits per heavy atom. The summed E-state index contributed by atoms with van der Waals surface area (Å²) in [6, 6.07) is 22.0. The number of ether oxygens (including phenoxy) is 1. The van der Waals surface area contributed by atoms with Crippen molar-refractivity contribution in [2.75, 3.05) is 13.7 Å². The molecule has 6 heteroatoms. The monoisotopic (exact) mass is 497 g/mol. The van der Waals surface area contributed by atoms with Gasteiger partial charge in [-0.25, -0.2) is 0 Å². The van der Waals surface area contributed by atoms with E-state index < -0.39 is 0 Å². The van der Waals surface area contributed by atoms with Crippen LogP contribution < -0.4 is 15.4 Å². The van der Waals surface area contributed by atoms with E-state index >= 15 is 0 Å². The molecule has 6 nitrogen and oxygen atoms in total. The van der Waals surface area contributed by atoms with Gasteiger partial charge in [-0.3, -0.25) is 9.59 Å². The first kappa shape index (κ1) is 26.0. The third-order valence-electron chi connectivity index (χ3n) is 6.86. The molecule has 1 heterocycles. The Labute approximate surface area is 218 Å². The Hall–Kier alpha value is -4.06. The summed E-state index contributed by atoms with van der Waals surface area (Å²) in [6.45, 7) is 9.67. The van der Waals surface area contributed by atoms with Gasteiger partial charge in [-0.2, -0.15) is 0 Å².